The van der Waals surface area contributed by atoms with Crippen LogP contribution in [0, 0.1) is 0 Å². The van der Waals surface area contributed by atoms with Crippen LogP contribution in [0.1, 0.15) is 16.7 Å². The van der Waals surface area contributed by atoms with Gasteiger partial charge in [-0.3, -0.25) is 0 Å². The number of benzene rings is 4. The molecule has 0 radical (unpaired) electrons. The van der Waals surface area contributed by atoms with Crippen molar-refractivity contribution in [3.8, 4) is 5.75 Å². The number of hydrogen-bond acceptors (Lipinski definition) is 5. The first kappa shape index (κ1) is 24.7. The zero-order chi connectivity index (χ0) is 24.9. The molecule has 0 aliphatic carbocycles. The van der Waals surface area contributed by atoms with Crippen molar-refractivity contribution in [2.45, 2.75) is 17.5 Å². The number of fused-ring (bicyclic) bond motifs is 1. The fraction of sp³-hybridized carbons (Fsp3) is 0.0741. The zero-order valence-corrected chi connectivity index (χ0v) is 21.9. The lowest BCUT2D eigenvalue weighted by molar-refractivity contribution is 0.306. The summed E-state index contributed by atoms with van der Waals surface area (Å²) in [6.07, 6.45) is 3.36. The molecular formula is C27H19Cl3N4OS. The van der Waals surface area contributed by atoms with E-state index in [1.54, 1.807) is 41.1 Å². The Morgan fingerprint density at radius 1 is 0.917 bits per heavy atom. The number of nitrogens with zero attached hydrogens (tertiary/aromatic N) is 4. The van der Waals surface area contributed by atoms with Crippen LogP contribution < -0.4 is 4.74 Å². The fourth-order valence-corrected chi connectivity index (χ4v) is 4.98. The van der Waals surface area contributed by atoms with Crippen molar-refractivity contribution in [2.24, 2.45) is 5.10 Å². The summed E-state index contributed by atoms with van der Waals surface area (Å²) in [5.41, 5.74) is 2.82. The highest BCUT2D eigenvalue weighted by atomic mass is 35.5. The topological polar surface area (TPSA) is 52.3 Å². The van der Waals surface area contributed by atoms with Crippen LogP contribution in [0.3, 0.4) is 0 Å². The lowest BCUT2D eigenvalue weighted by atomic mass is 10.0. The first-order valence-corrected chi connectivity index (χ1v) is 13.1. The standard InChI is InChI=1S/C27H19Cl3N4OS/c28-21-9-5-18(6-10-21)16-36-27-33-31-17-34(27)32-14-24-23-4-2-1-3-19(23)8-12-26(24)35-15-20-7-11-22(29)13-25(20)30/h1-14,17H,15-16H2/b32-14+. The van der Waals surface area contributed by atoms with E-state index in [9.17, 15) is 0 Å². The quantitative estimate of drug-likeness (QED) is 0.144. The molecule has 0 unspecified atom stereocenters. The summed E-state index contributed by atoms with van der Waals surface area (Å²) in [6.45, 7) is 0.296. The third-order valence-corrected chi connectivity index (χ3v) is 7.27. The first-order chi connectivity index (χ1) is 17.6. The number of aromatic nitrogens is 3. The lowest BCUT2D eigenvalue weighted by Crippen LogP contribution is -2.01. The molecule has 0 atom stereocenters. The van der Waals surface area contributed by atoms with E-state index < -0.39 is 0 Å². The van der Waals surface area contributed by atoms with Crippen LogP contribution in [-0.2, 0) is 12.4 Å². The molecule has 0 bridgehead atoms. The zero-order valence-electron chi connectivity index (χ0n) is 18.8. The summed E-state index contributed by atoms with van der Waals surface area (Å²) < 4.78 is 7.85. The number of ether oxygens (including phenoxy) is 1. The Morgan fingerprint density at radius 2 is 1.72 bits per heavy atom. The highest BCUT2D eigenvalue weighted by molar-refractivity contribution is 7.98. The Bertz CT molecular complexity index is 1540. The third kappa shape index (κ3) is 5.85. The van der Waals surface area contributed by atoms with E-state index in [1.807, 2.05) is 60.7 Å². The molecule has 9 heteroatoms. The Hall–Kier alpha value is -3.03. The molecule has 0 saturated carbocycles. The fourth-order valence-electron chi connectivity index (χ4n) is 3.57. The Labute approximate surface area is 227 Å². The Kier molecular flexibility index (Phi) is 7.78. The van der Waals surface area contributed by atoms with E-state index in [-0.39, 0.29) is 0 Å². The van der Waals surface area contributed by atoms with Gasteiger partial charge in [0, 0.05) is 31.9 Å². The molecule has 4 aromatic carbocycles. The van der Waals surface area contributed by atoms with Crippen molar-refractivity contribution >= 4 is 63.6 Å². The molecule has 0 saturated heterocycles. The van der Waals surface area contributed by atoms with Crippen molar-refractivity contribution in [2.75, 3.05) is 0 Å². The molecule has 0 amide bonds. The monoisotopic (exact) mass is 552 g/mol. The minimum Gasteiger partial charge on any atom is -0.488 e. The van der Waals surface area contributed by atoms with Gasteiger partial charge in [-0.1, -0.05) is 95.1 Å². The smallest absolute Gasteiger partial charge is 0.212 e. The van der Waals surface area contributed by atoms with E-state index in [2.05, 4.69) is 21.4 Å². The Balaban J connectivity index is 1.40. The number of halogens is 3. The number of rotatable bonds is 8. The summed E-state index contributed by atoms with van der Waals surface area (Å²) in [4.78, 5) is 0. The van der Waals surface area contributed by atoms with Crippen molar-refractivity contribution in [3.05, 3.63) is 117 Å². The molecule has 180 valence electrons. The molecule has 5 aromatic rings. The second-order valence-electron chi connectivity index (χ2n) is 7.84. The molecule has 1 aromatic heterocycles. The van der Waals surface area contributed by atoms with E-state index in [0.29, 0.717) is 32.6 Å². The highest BCUT2D eigenvalue weighted by Crippen LogP contribution is 2.29. The second kappa shape index (κ2) is 11.4. The average molecular weight is 554 g/mol. The van der Waals surface area contributed by atoms with E-state index >= 15 is 0 Å². The average Bonchev–Trinajstić information content (AvgIpc) is 3.34. The molecular weight excluding hydrogens is 535 g/mol. The van der Waals surface area contributed by atoms with Crippen LogP contribution in [0.2, 0.25) is 15.1 Å². The van der Waals surface area contributed by atoms with Gasteiger partial charge in [0.2, 0.25) is 5.16 Å². The van der Waals surface area contributed by atoms with Gasteiger partial charge in [-0.2, -0.15) is 9.78 Å². The summed E-state index contributed by atoms with van der Waals surface area (Å²) >= 11 is 19.9. The minimum absolute atomic E-state index is 0.296. The van der Waals surface area contributed by atoms with E-state index in [4.69, 9.17) is 39.5 Å². The third-order valence-electron chi connectivity index (χ3n) is 5.42. The summed E-state index contributed by atoms with van der Waals surface area (Å²) in [5.74, 6) is 1.41. The lowest BCUT2D eigenvalue weighted by Gasteiger charge is -2.13. The van der Waals surface area contributed by atoms with Gasteiger partial charge in [-0.05, 0) is 46.7 Å². The molecule has 0 N–H and O–H groups in total. The first-order valence-electron chi connectivity index (χ1n) is 11.0. The molecule has 0 fully saturated rings. The Morgan fingerprint density at radius 3 is 2.56 bits per heavy atom. The molecule has 36 heavy (non-hydrogen) atoms. The van der Waals surface area contributed by atoms with Crippen molar-refractivity contribution in [1.29, 1.82) is 0 Å². The van der Waals surface area contributed by atoms with Crippen LogP contribution in [-0.4, -0.2) is 21.1 Å². The van der Waals surface area contributed by atoms with Gasteiger partial charge in [-0.15, -0.1) is 10.2 Å². The predicted octanol–water partition coefficient (Wildman–Crippen LogP) is 8.15. The molecule has 0 aliphatic heterocycles. The van der Waals surface area contributed by atoms with Crippen molar-refractivity contribution < 1.29 is 4.74 Å². The molecule has 1 heterocycles. The summed E-state index contributed by atoms with van der Waals surface area (Å²) in [7, 11) is 0. The van der Waals surface area contributed by atoms with Crippen molar-refractivity contribution in [1.82, 2.24) is 14.9 Å². The van der Waals surface area contributed by atoms with Gasteiger partial charge in [0.15, 0.2) is 0 Å². The van der Waals surface area contributed by atoms with Crippen molar-refractivity contribution in [3.63, 3.8) is 0 Å². The van der Waals surface area contributed by atoms with Crippen LogP contribution >= 0.6 is 46.6 Å². The normalized spacial score (nSPS) is 11.4. The largest absolute Gasteiger partial charge is 0.488 e. The summed E-state index contributed by atoms with van der Waals surface area (Å²) in [6, 6.07) is 25.2. The van der Waals surface area contributed by atoms with Gasteiger partial charge >= 0.3 is 0 Å². The number of thioether (sulfide) groups is 1. The number of hydrogen-bond donors (Lipinski definition) is 0. The van der Waals surface area contributed by atoms with E-state index in [1.165, 1.54) is 0 Å². The van der Waals surface area contributed by atoms with Crippen LogP contribution in [0.4, 0.5) is 0 Å². The van der Waals surface area contributed by atoms with Gasteiger partial charge in [0.25, 0.3) is 0 Å². The minimum atomic E-state index is 0.296. The highest BCUT2D eigenvalue weighted by Gasteiger charge is 2.11. The molecule has 0 spiro atoms. The van der Waals surface area contributed by atoms with Crippen LogP contribution in [0.25, 0.3) is 10.8 Å². The van der Waals surface area contributed by atoms with Gasteiger partial charge in [-0.25, -0.2) is 0 Å². The molecule has 0 aliphatic rings. The van der Waals surface area contributed by atoms with Crippen LogP contribution in [0.5, 0.6) is 5.75 Å². The SMILES string of the molecule is Clc1ccc(CSc2nncn2/N=C/c2c(OCc3ccc(Cl)cc3Cl)ccc3ccccc23)cc1. The van der Waals surface area contributed by atoms with E-state index in [0.717, 1.165) is 33.2 Å². The molecule has 5 rings (SSSR count). The van der Waals surface area contributed by atoms with Gasteiger partial charge in [0.1, 0.15) is 18.7 Å². The maximum absolute atomic E-state index is 6.34. The van der Waals surface area contributed by atoms with Gasteiger partial charge < -0.3 is 4.74 Å². The van der Waals surface area contributed by atoms with Gasteiger partial charge in [0.05, 0.1) is 6.21 Å². The van der Waals surface area contributed by atoms with Crippen LogP contribution in [0.15, 0.2) is 95.4 Å². The second-order valence-corrected chi connectivity index (χ2v) is 10.1. The maximum atomic E-state index is 6.34. The molecule has 5 nitrogen and oxygen atoms in total. The maximum Gasteiger partial charge on any atom is 0.212 e. The summed E-state index contributed by atoms with van der Waals surface area (Å²) in [5, 5.41) is 17.5. The predicted molar refractivity (Wildman–Crippen MR) is 149 cm³/mol.